The first-order chi connectivity index (χ1) is 8.34. The molecule has 18 heavy (non-hydrogen) atoms. The molecule has 0 radical (unpaired) electrons. The van der Waals surface area contributed by atoms with Crippen LogP contribution in [0.1, 0.15) is 34.1 Å². The van der Waals surface area contributed by atoms with Crippen molar-refractivity contribution in [3.63, 3.8) is 0 Å². The molecule has 0 saturated carbocycles. The van der Waals surface area contributed by atoms with Gasteiger partial charge in [0.05, 0.1) is 12.1 Å². The highest BCUT2D eigenvalue weighted by atomic mass is 16.6. The largest absolute Gasteiger partial charge is 0.444 e. The van der Waals surface area contributed by atoms with Gasteiger partial charge in [-0.25, -0.2) is 4.79 Å². The second kappa shape index (κ2) is 5.89. The Hall–Kier alpha value is -0.810. The van der Waals surface area contributed by atoms with Crippen LogP contribution < -0.4 is 5.32 Å². The number of methoxy groups -OCH3 is 1. The normalized spacial score (nSPS) is 25.1. The third-order valence-electron chi connectivity index (χ3n) is 3.22. The maximum atomic E-state index is 12.3. The highest BCUT2D eigenvalue weighted by molar-refractivity contribution is 5.69. The maximum absolute atomic E-state index is 12.3. The molecule has 1 amide bonds. The minimum absolute atomic E-state index is 0.247. The van der Waals surface area contributed by atoms with Gasteiger partial charge < -0.3 is 14.8 Å². The van der Waals surface area contributed by atoms with Gasteiger partial charge in [-0.1, -0.05) is 6.92 Å². The maximum Gasteiger partial charge on any atom is 0.410 e. The van der Waals surface area contributed by atoms with Crippen molar-refractivity contribution >= 4 is 6.09 Å². The Kier molecular flexibility index (Phi) is 4.99. The van der Waals surface area contributed by atoms with Crippen LogP contribution in [-0.4, -0.2) is 55.5 Å². The van der Waals surface area contributed by atoms with Gasteiger partial charge in [0.2, 0.25) is 0 Å². The molecule has 0 aromatic heterocycles. The van der Waals surface area contributed by atoms with Gasteiger partial charge in [-0.05, 0) is 27.2 Å². The Bertz CT molecular complexity index is 284. The lowest BCUT2D eigenvalue weighted by Gasteiger charge is -2.46. The number of hydrogen-bond donors (Lipinski definition) is 1. The van der Waals surface area contributed by atoms with Crippen molar-refractivity contribution in [3.05, 3.63) is 0 Å². The van der Waals surface area contributed by atoms with Gasteiger partial charge >= 0.3 is 6.09 Å². The zero-order valence-electron chi connectivity index (χ0n) is 12.2. The van der Waals surface area contributed by atoms with Crippen LogP contribution in [0.25, 0.3) is 0 Å². The van der Waals surface area contributed by atoms with Crippen LogP contribution in [0.3, 0.4) is 0 Å². The van der Waals surface area contributed by atoms with E-state index < -0.39 is 5.60 Å². The zero-order chi connectivity index (χ0) is 13.8. The van der Waals surface area contributed by atoms with E-state index in [4.69, 9.17) is 9.47 Å². The van der Waals surface area contributed by atoms with Crippen molar-refractivity contribution in [2.45, 2.75) is 45.3 Å². The number of nitrogens with one attached hydrogen (secondary N) is 1. The number of carbonyl (C=O) groups excluding carboxylic acids is 1. The zero-order valence-corrected chi connectivity index (χ0v) is 12.2. The van der Waals surface area contributed by atoms with E-state index in [1.54, 1.807) is 7.11 Å². The molecule has 1 N–H and O–H groups in total. The van der Waals surface area contributed by atoms with E-state index in [9.17, 15) is 4.79 Å². The Morgan fingerprint density at radius 3 is 2.61 bits per heavy atom. The fourth-order valence-corrected chi connectivity index (χ4v) is 2.26. The number of rotatable bonds is 3. The topological polar surface area (TPSA) is 50.8 Å². The molecule has 1 heterocycles. The van der Waals surface area contributed by atoms with Crippen molar-refractivity contribution in [2.75, 3.05) is 33.4 Å². The van der Waals surface area contributed by atoms with Gasteiger partial charge in [0.1, 0.15) is 5.60 Å². The summed E-state index contributed by atoms with van der Waals surface area (Å²) in [6.45, 7) is 10.5. The van der Waals surface area contributed by atoms with Gasteiger partial charge in [0.25, 0.3) is 0 Å². The molecule has 0 aromatic rings. The van der Waals surface area contributed by atoms with E-state index in [-0.39, 0.29) is 11.6 Å². The van der Waals surface area contributed by atoms with Gasteiger partial charge in [-0.3, -0.25) is 4.90 Å². The summed E-state index contributed by atoms with van der Waals surface area (Å²) in [4.78, 5) is 14.1. The molecular formula is C13H26N2O3. The molecular weight excluding hydrogens is 232 g/mol. The molecule has 1 aliphatic heterocycles. The first-order valence-corrected chi connectivity index (χ1v) is 6.55. The SMILES string of the molecule is CC[C@]1(COC)CNCCN1C(=O)OC(C)(C)C. The van der Waals surface area contributed by atoms with Crippen LogP contribution in [0.4, 0.5) is 4.79 Å². The van der Waals surface area contributed by atoms with Crippen LogP contribution in [0.15, 0.2) is 0 Å². The summed E-state index contributed by atoms with van der Waals surface area (Å²) >= 11 is 0. The Balaban J connectivity index is 2.84. The smallest absolute Gasteiger partial charge is 0.410 e. The average Bonchev–Trinajstić information content (AvgIpc) is 2.27. The van der Waals surface area contributed by atoms with Gasteiger partial charge in [-0.15, -0.1) is 0 Å². The van der Waals surface area contributed by atoms with Crippen LogP contribution >= 0.6 is 0 Å². The summed E-state index contributed by atoms with van der Waals surface area (Å²) in [5.41, 5.74) is -0.760. The van der Waals surface area contributed by atoms with Crippen molar-refractivity contribution in [3.8, 4) is 0 Å². The van der Waals surface area contributed by atoms with Crippen molar-refractivity contribution < 1.29 is 14.3 Å². The van der Waals surface area contributed by atoms with Crippen molar-refractivity contribution in [1.82, 2.24) is 10.2 Å². The van der Waals surface area contributed by atoms with Gasteiger partial charge in [-0.2, -0.15) is 0 Å². The van der Waals surface area contributed by atoms with E-state index in [1.807, 2.05) is 25.7 Å². The Morgan fingerprint density at radius 1 is 1.44 bits per heavy atom. The highest BCUT2D eigenvalue weighted by Gasteiger charge is 2.42. The fourth-order valence-electron chi connectivity index (χ4n) is 2.26. The molecule has 1 aliphatic rings. The average molecular weight is 258 g/mol. The standard InChI is InChI=1S/C13H26N2O3/c1-6-13(10-17-5)9-14-7-8-15(13)11(16)18-12(2,3)4/h14H,6-10H2,1-5H3/t13-/m1/s1. The predicted octanol–water partition coefficient (Wildman–Crippen LogP) is 1.62. The monoisotopic (exact) mass is 258 g/mol. The fraction of sp³-hybridized carbons (Fsp3) is 0.923. The van der Waals surface area contributed by atoms with E-state index in [1.165, 1.54) is 0 Å². The number of hydrogen-bond acceptors (Lipinski definition) is 4. The lowest BCUT2D eigenvalue weighted by Crippen LogP contribution is -2.65. The molecule has 1 saturated heterocycles. The molecule has 106 valence electrons. The van der Waals surface area contributed by atoms with Gasteiger partial charge in [0.15, 0.2) is 0 Å². The van der Waals surface area contributed by atoms with Crippen LogP contribution in [0.5, 0.6) is 0 Å². The highest BCUT2D eigenvalue weighted by Crippen LogP contribution is 2.24. The van der Waals surface area contributed by atoms with Crippen LogP contribution in [0.2, 0.25) is 0 Å². The minimum atomic E-state index is -0.464. The molecule has 0 bridgehead atoms. The first-order valence-electron chi connectivity index (χ1n) is 6.55. The number of nitrogens with zero attached hydrogens (tertiary/aromatic N) is 1. The summed E-state index contributed by atoms with van der Waals surface area (Å²) in [6, 6.07) is 0. The number of carbonyl (C=O) groups is 1. The molecule has 1 fully saturated rings. The summed E-state index contributed by atoms with van der Waals surface area (Å²) in [5, 5.41) is 3.33. The van der Waals surface area contributed by atoms with E-state index in [0.717, 1.165) is 19.5 Å². The quantitative estimate of drug-likeness (QED) is 0.836. The molecule has 0 spiro atoms. The molecule has 0 aromatic carbocycles. The molecule has 0 unspecified atom stereocenters. The van der Waals surface area contributed by atoms with Crippen molar-refractivity contribution in [2.24, 2.45) is 0 Å². The van der Waals surface area contributed by atoms with Crippen LogP contribution in [0, 0.1) is 0 Å². The van der Waals surface area contributed by atoms with Crippen LogP contribution in [-0.2, 0) is 9.47 Å². The minimum Gasteiger partial charge on any atom is -0.444 e. The Labute approximate surface area is 110 Å². The lowest BCUT2D eigenvalue weighted by molar-refractivity contribution is -0.0363. The summed E-state index contributed by atoms with van der Waals surface area (Å²) < 4.78 is 10.8. The lowest BCUT2D eigenvalue weighted by atomic mass is 9.93. The summed E-state index contributed by atoms with van der Waals surface area (Å²) in [5.74, 6) is 0. The molecule has 5 heteroatoms. The molecule has 5 nitrogen and oxygen atoms in total. The number of amides is 1. The number of piperazine rings is 1. The number of ether oxygens (including phenoxy) is 2. The predicted molar refractivity (Wildman–Crippen MR) is 70.7 cm³/mol. The molecule has 1 rings (SSSR count). The molecule has 0 aliphatic carbocycles. The second-order valence-corrected chi connectivity index (χ2v) is 5.82. The second-order valence-electron chi connectivity index (χ2n) is 5.82. The Morgan fingerprint density at radius 2 is 2.11 bits per heavy atom. The third kappa shape index (κ3) is 3.59. The third-order valence-corrected chi connectivity index (χ3v) is 3.22. The molecule has 1 atom stereocenters. The van der Waals surface area contributed by atoms with Crippen molar-refractivity contribution in [1.29, 1.82) is 0 Å². The van der Waals surface area contributed by atoms with E-state index >= 15 is 0 Å². The van der Waals surface area contributed by atoms with Gasteiger partial charge in [0, 0.05) is 26.7 Å². The van der Waals surface area contributed by atoms with E-state index in [2.05, 4.69) is 12.2 Å². The van der Waals surface area contributed by atoms with E-state index in [0.29, 0.717) is 13.2 Å². The summed E-state index contributed by atoms with van der Waals surface area (Å²) in [6.07, 6.45) is 0.593. The summed E-state index contributed by atoms with van der Waals surface area (Å²) in [7, 11) is 1.67. The first kappa shape index (κ1) is 15.2.